The van der Waals surface area contributed by atoms with E-state index in [0.717, 1.165) is 35.5 Å². The second-order valence-electron chi connectivity index (χ2n) is 4.56. The van der Waals surface area contributed by atoms with Gasteiger partial charge in [0.05, 0.1) is 11.4 Å². The predicted octanol–water partition coefficient (Wildman–Crippen LogP) is 4.98. The minimum absolute atomic E-state index is 0.737. The lowest BCUT2D eigenvalue weighted by Crippen LogP contribution is -1.91. The molecule has 0 unspecified atom stereocenters. The molecule has 2 rings (SSSR count). The molecule has 0 aromatic heterocycles. The van der Waals surface area contributed by atoms with Crippen molar-refractivity contribution in [1.29, 1.82) is 0 Å². The predicted molar refractivity (Wildman–Crippen MR) is 84.8 cm³/mol. The molecule has 20 heavy (non-hydrogen) atoms. The first-order valence-electron chi connectivity index (χ1n) is 6.73. The van der Waals surface area contributed by atoms with E-state index >= 15 is 0 Å². The van der Waals surface area contributed by atoms with Gasteiger partial charge in [0, 0.05) is 5.69 Å². The van der Waals surface area contributed by atoms with Crippen molar-refractivity contribution in [1.82, 2.24) is 0 Å². The molecule has 0 saturated carbocycles. The molecule has 0 amide bonds. The third-order valence-electron chi connectivity index (χ3n) is 3.14. The van der Waals surface area contributed by atoms with Gasteiger partial charge in [-0.05, 0) is 48.2 Å². The van der Waals surface area contributed by atoms with Crippen LogP contribution in [0.25, 0.3) is 0 Å². The number of hydrogen-bond acceptors (Lipinski definition) is 3. The highest BCUT2D eigenvalue weighted by Crippen LogP contribution is 2.25. The molecule has 0 aliphatic heterocycles. The van der Waals surface area contributed by atoms with Crippen LogP contribution in [0.3, 0.4) is 0 Å². The number of aryl methyl sites for hydroxylation is 1. The summed E-state index contributed by atoms with van der Waals surface area (Å²) in [6, 6.07) is 13.7. The first-order chi connectivity index (χ1) is 9.74. The zero-order valence-electron chi connectivity index (χ0n) is 11.7. The van der Waals surface area contributed by atoms with E-state index in [-0.39, 0.29) is 0 Å². The summed E-state index contributed by atoms with van der Waals surface area (Å²) in [6.45, 7) is 5.84. The molecule has 0 fully saturated rings. The van der Waals surface area contributed by atoms with Gasteiger partial charge < -0.3 is 5.73 Å². The maximum Gasteiger partial charge on any atom is 0.0888 e. The Hall–Kier alpha value is -2.42. The van der Waals surface area contributed by atoms with Gasteiger partial charge in [0.1, 0.15) is 0 Å². The standard InChI is InChI=1S/C17H19N3/c1-3-7-14-12-15(10-11-16(14)18)19-20-17-9-6-5-8-13(17)4-2/h3,5-6,8-12H,1,4,7,18H2,2H3. The van der Waals surface area contributed by atoms with Crippen molar-refractivity contribution >= 4 is 17.1 Å². The highest BCUT2D eigenvalue weighted by Gasteiger charge is 2.00. The molecule has 3 heteroatoms. The lowest BCUT2D eigenvalue weighted by molar-refractivity contribution is 1.10. The van der Waals surface area contributed by atoms with E-state index in [1.54, 1.807) is 0 Å². The van der Waals surface area contributed by atoms with E-state index in [1.807, 2.05) is 42.5 Å². The van der Waals surface area contributed by atoms with Crippen LogP contribution in [0.5, 0.6) is 0 Å². The molecule has 2 aromatic carbocycles. The number of nitrogens with zero attached hydrogens (tertiary/aromatic N) is 2. The molecule has 3 nitrogen and oxygen atoms in total. The summed E-state index contributed by atoms with van der Waals surface area (Å²) in [5, 5.41) is 8.64. The summed E-state index contributed by atoms with van der Waals surface area (Å²) in [5.74, 6) is 0. The van der Waals surface area contributed by atoms with Crippen molar-refractivity contribution < 1.29 is 0 Å². The lowest BCUT2D eigenvalue weighted by Gasteiger charge is -2.04. The Kier molecular flexibility index (Phi) is 4.66. The molecular weight excluding hydrogens is 246 g/mol. The summed E-state index contributed by atoms with van der Waals surface area (Å²) in [7, 11) is 0. The van der Waals surface area contributed by atoms with Gasteiger partial charge in [-0.15, -0.1) is 6.58 Å². The molecule has 102 valence electrons. The zero-order valence-corrected chi connectivity index (χ0v) is 11.7. The SMILES string of the molecule is C=CCc1cc(N=Nc2ccccc2CC)ccc1N. The Labute approximate surface area is 119 Å². The quantitative estimate of drug-likeness (QED) is 0.463. The number of benzene rings is 2. The van der Waals surface area contributed by atoms with E-state index in [0.29, 0.717) is 0 Å². The summed E-state index contributed by atoms with van der Waals surface area (Å²) in [4.78, 5) is 0. The summed E-state index contributed by atoms with van der Waals surface area (Å²) >= 11 is 0. The van der Waals surface area contributed by atoms with Crippen LogP contribution in [-0.2, 0) is 12.8 Å². The van der Waals surface area contributed by atoms with Gasteiger partial charge in [-0.2, -0.15) is 10.2 Å². The van der Waals surface area contributed by atoms with Crippen LogP contribution in [0.15, 0.2) is 65.3 Å². The largest absolute Gasteiger partial charge is 0.398 e. The van der Waals surface area contributed by atoms with Crippen LogP contribution in [0, 0.1) is 0 Å². The van der Waals surface area contributed by atoms with E-state index in [9.17, 15) is 0 Å². The Morgan fingerprint density at radius 1 is 1.10 bits per heavy atom. The molecule has 0 spiro atoms. The third kappa shape index (κ3) is 3.32. The summed E-state index contributed by atoms with van der Waals surface area (Å²) < 4.78 is 0. The number of rotatable bonds is 5. The van der Waals surface area contributed by atoms with Crippen molar-refractivity contribution in [2.24, 2.45) is 10.2 Å². The van der Waals surface area contributed by atoms with Crippen LogP contribution in [0.2, 0.25) is 0 Å². The maximum absolute atomic E-state index is 5.91. The lowest BCUT2D eigenvalue weighted by atomic mass is 10.1. The van der Waals surface area contributed by atoms with E-state index in [1.165, 1.54) is 5.56 Å². The van der Waals surface area contributed by atoms with Crippen LogP contribution in [-0.4, -0.2) is 0 Å². The zero-order chi connectivity index (χ0) is 14.4. The average Bonchev–Trinajstić information content (AvgIpc) is 2.48. The van der Waals surface area contributed by atoms with Crippen LogP contribution >= 0.6 is 0 Å². The van der Waals surface area contributed by atoms with Crippen molar-refractivity contribution in [3.63, 3.8) is 0 Å². The number of allylic oxidation sites excluding steroid dienone is 1. The molecule has 0 heterocycles. The fourth-order valence-corrected chi connectivity index (χ4v) is 2.01. The fourth-order valence-electron chi connectivity index (χ4n) is 2.01. The Morgan fingerprint density at radius 3 is 2.65 bits per heavy atom. The Bertz CT molecular complexity index is 630. The molecule has 0 bridgehead atoms. The normalized spacial score (nSPS) is 10.8. The number of hydrogen-bond donors (Lipinski definition) is 1. The highest BCUT2D eigenvalue weighted by atomic mass is 15.1. The van der Waals surface area contributed by atoms with E-state index in [2.05, 4.69) is 29.8 Å². The highest BCUT2D eigenvalue weighted by molar-refractivity contribution is 5.55. The van der Waals surface area contributed by atoms with E-state index in [4.69, 9.17) is 5.73 Å². The number of azo groups is 1. The average molecular weight is 265 g/mol. The molecule has 0 atom stereocenters. The molecular formula is C17H19N3. The topological polar surface area (TPSA) is 50.7 Å². The molecule has 2 aromatic rings. The summed E-state index contributed by atoms with van der Waals surface area (Å²) in [5.41, 5.74) is 10.6. The number of nitrogens with two attached hydrogens (primary N) is 1. The minimum Gasteiger partial charge on any atom is -0.398 e. The van der Waals surface area contributed by atoms with Crippen molar-refractivity contribution in [2.45, 2.75) is 19.8 Å². The van der Waals surface area contributed by atoms with Gasteiger partial charge in [-0.1, -0.05) is 31.2 Å². The fraction of sp³-hybridized carbons (Fsp3) is 0.176. The molecule has 0 aliphatic carbocycles. The van der Waals surface area contributed by atoms with Gasteiger partial charge in [-0.25, -0.2) is 0 Å². The number of anilines is 1. The van der Waals surface area contributed by atoms with Gasteiger partial charge in [0.25, 0.3) is 0 Å². The van der Waals surface area contributed by atoms with Crippen LogP contribution < -0.4 is 5.73 Å². The summed E-state index contributed by atoms with van der Waals surface area (Å²) in [6.07, 6.45) is 3.51. The third-order valence-corrected chi connectivity index (χ3v) is 3.14. The van der Waals surface area contributed by atoms with Crippen molar-refractivity contribution in [2.75, 3.05) is 5.73 Å². The van der Waals surface area contributed by atoms with Crippen molar-refractivity contribution in [3.05, 3.63) is 66.2 Å². The molecule has 2 N–H and O–H groups in total. The Balaban J connectivity index is 2.27. The second-order valence-corrected chi connectivity index (χ2v) is 4.56. The second kappa shape index (κ2) is 6.66. The smallest absolute Gasteiger partial charge is 0.0888 e. The first-order valence-corrected chi connectivity index (χ1v) is 6.73. The Morgan fingerprint density at radius 2 is 1.90 bits per heavy atom. The van der Waals surface area contributed by atoms with Crippen molar-refractivity contribution in [3.8, 4) is 0 Å². The monoisotopic (exact) mass is 265 g/mol. The maximum atomic E-state index is 5.91. The minimum atomic E-state index is 0.737. The molecule has 0 aliphatic rings. The van der Waals surface area contributed by atoms with Crippen LogP contribution in [0.4, 0.5) is 17.1 Å². The van der Waals surface area contributed by atoms with Crippen LogP contribution in [0.1, 0.15) is 18.1 Å². The van der Waals surface area contributed by atoms with Gasteiger partial charge in [-0.3, -0.25) is 0 Å². The molecule has 0 radical (unpaired) electrons. The van der Waals surface area contributed by atoms with Gasteiger partial charge >= 0.3 is 0 Å². The van der Waals surface area contributed by atoms with E-state index < -0.39 is 0 Å². The van der Waals surface area contributed by atoms with Gasteiger partial charge in [0.15, 0.2) is 0 Å². The first kappa shape index (κ1) is 14.0. The number of nitrogen functional groups attached to an aromatic ring is 1. The van der Waals surface area contributed by atoms with Gasteiger partial charge in [0.2, 0.25) is 0 Å². The molecule has 0 saturated heterocycles.